The third-order valence-corrected chi connectivity index (χ3v) is 8.59. The van der Waals surface area contributed by atoms with Crippen molar-refractivity contribution in [1.29, 1.82) is 0 Å². The highest BCUT2D eigenvalue weighted by Crippen LogP contribution is 2.36. The molecule has 10 heteroatoms. The van der Waals surface area contributed by atoms with Crippen LogP contribution in [-0.4, -0.2) is 64.7 Å². The standard InChI is InChI=1S/C33H37N9O/c1-21(2)19-30(43)40-17-12-23(13-18-40)37-27-9-6-22-20-24(7-8-25(22)27)42-32(26-5-3-14-35-31(26)34)38-28-10-11-29(39-33(28)42)41-16-4-15-36-41/h3-5,7-8,10-11,14-16,19-20,23,27,30,37,43H,6,9,12-13,17-18H2,1-2H3,(H2,34,35)/t27-,30?/m0/s1. The summed E-state index contributed by atoms with van der Waals surface area (Å²) >= 11 is 0. The van der Waals surface area contributed by atoms with Crippen molar-refractivity contribution in [1.82, 2.24) is 39.5 Å². The second kappa shape index (κ2) is 11.4. The summed E-state index contributed by atoms with van der Waals surface area (Å²) in [6, 6.07) is 17.1. The van der Waals surface area contributed by atoms with Gasteiger partial charge in [0.05, 0.1) is 5.56 Å². The lowest BCUT2D eigenvalue weighted by Crippen LogP contribution is -2.46. The van der Waals surface area contributed by atoms with E-state index in [1.165, 1.54) is 11.1 Å². The number of pyridine rings is 2. The van der Waals surface area contributed by atoms with Crippen LogP contribution in [-0.2, 0) is 6.42 Å². The van der Waals surface area contributed by atoms with E-state index in [0.29, 0.717) is 29.5 Å². The molecule has 0 bridgehead atoms. The van der Waals surface area contributed by atoms with Crippen molar-refractivity contribution < 1.29 is 5.11 Å². The number of nitrogens with two attached hydrogens (primary N) is 1. The van der Waals surface area contributed by atoms with Gasteiger partial charge in [-0.2, -0.15) is 5.10 Å². The fraction of sp³-hybridized carbons (Fsp3) is 0.333. The molecule has 0 spiro atoms. The summed E-state index contributed by atoms with van der Waals surface area (Å²) in [7, 11) is 0. The average Bonchev–Trinajstić information content (AvgIpc) is 3.76. The Hall–Kier alpha value is -4.38. The number of nitrogens with zero attached hydrogens (tertiary/aromatic N) is 7. The highest BCUT2D eigenvalue weighted by molar-refractivity contribution is 5.83. The van der Waals surface area contributed by atoms with E-state index in [9.17, 15) is 5.11 Å². The third-order valence-electron chi connectivity index (χ3n) is 8.59. The number of aryl methyl sites for hydroxylation is 1. The molecule has 10 nitrogen and oxygen atoms in total. The van der Waals surface area contributed by atoms with Crippen LogP contribution >= 0.6 is 0 Å². The van der Waals surface area contributed by atoms with Gasteiger partial charge in [0.2, 0.25) is 0 Å². The molecule has 220 valence electrons. The number of aliphatic hydroxyl groups is 1. The fourth-order valence-corrected chi connectivity index (χ4v) is 6.45. The lowest BCUT2D eigenvalue weighted by atomic mass is 10.0. The van der Waals surface area contributed by atoms with Gasteiger partial charge in [-0.1, -0.05) is 11.6 Å². The van der Waals surface area contributed by atoms with Crippen LogP contribution in [0.5, 0.6) is 0 Å². The Balaban J connectivity index is 1.19. The van der Waals surface area contributed by atoms with Crippen LogP contribution in [0.3, 0.4) is 0 Å². The number of anilines is 1. The fourth-order valence-electron chi connectivity index (χ4n) is 6.45. The molecule has 0 radical (unpaired) electrons. The lowest BCUT2D eigenvalue weighted by Gasteiger charge is -2.35. The first-order valence-electron chi connectivity index (χ1n) is 15.0. The van der Waals surface area contributed by atoms with Crippen LogP contribution in [0.15, 0.2) is 78.8 Å². The highest BCUT2D eigenvalue weighted by atomic mass is 16.3. The molecule has 4 aromatic heterocycles. The molecule has 43 heavy (non-hydrogen) atoms. The van der Waals surface area contributed by atoms with Crippen molar-refractivity contribution in [2.45, 2.75) is 57.8 Å². The molecule has 0 saturated carbocycles. The van der Waals surface area contributed by atoms with E-state index < -0.39 is 6.23 Å². The summed E-state index contributed by atoms with van der Waals surface area (Å²) in [4.78, 5) is 16.5. The topological polar surface area (TPSA) is 123 Å². The van der Waals surface area contributed by atoms with Gasteiger partial charge in [-0.3, -0.25) is 9.47 Å². The largest absolute Gasteiger partial charge is 0.383 e. The summed E-state index contributed by atoms with van der Waals surface area (Å²) in [5.41, 5.74) is 13.4. The van der Waals surface area contributed by atoms with Crippen molar-refractivity contribution in [3.05, 3.63) is 89.9 Å². The van der Waals surface area contributed by atoms with Gasteiger partial charge in [-0.25, -0.2) is 19.6 Å². The Labute approximate surface area is 250 Å². The van der Waals surface area contributed by atoms with Crippen LogP contribution in [0.1, 0.15) is 50.3 Å². The zero-order valence-corrected chi connectivity index (χ0v) is 24.6. The van der Waals surface area contributed by atoms with E-state index in [2.05, 4.69) is 43.1 Å². The first kappa shape index (κ1) is 27.5. The molecule has 5 aromatic rings. The third kappa shape index (κ3) is 5.33. The Kier molecular flexibility index (Phi) is 7.26. The predicted octanol–water partition coefficient (Wildman–Crippen LogP) is 4.58. The van der Waals surface area contributed by atoms with Crippen LogP contribution in [0.2, 0.25) is 0 Å². The monoisotopic (exact) mass is 575 g/mol. The Morgan fingerprint density at radius 2 is 1.91 bits per heavy atom. The number of piperidine rings is 1. The summed E-state index contributed by atoms with van der Waals surface area (Å²) in [6.45, 7) is 5.84. The molecule has 5 heterocycles. The van der Waals surface area contributed by atoms with E-state index in [-0.39, 0.29) is 0 Å². The van der Waals surface area contributed by atoms with Gasteiger partial charge in [0.25, 0.3) is 0 Å². The number of hydrogen-bond donors (Lipinski definition) is 3. The highest BCUT2D eigenvalue weighted by Gasteiger charge is 2.29. The number of allylic oxidation sites excluding steroid dienone is 1. The number of nitrogens with one attached hydrogen (secondary N) is 1. The number of hydrogen-bond acceptors (Lipinski definition) is 8. The Morgan fingerprint density at radius 3 is 2.67 bits per heavy atom. The Bertz CT molecular complexity index is 1780. The minimum atomic E-state index is -0.493. The van der Waals surface area contributed by atoms with Crippen molar-refractivity contribution in [3.8, 4) is 22.9 Å². The van der Waals surface area contributed by atoms with Gasteiger partial charge in [-0.05, 0) is 99.2 Å². The molecule has 2 aliphatic rings. The second-order valence-corrected chi connectivity index (χ2v) is 11.8. The molecule has 1 aliphatic heterocycles. The number of likely N-dealkylation sites (tertiary alicyclic amines) is 1. The maximum absolute atomic E-state index is 10.5. The van der Waals surface area contributed by atoms with Crippen LogP contribution in [0.4, 0.5) is 5.82 Å². The molecule has 1 aliphatic carbocycles. The van der Waals surface area contributed by atoms with Crippen molar-refractivity contribution in [3.63, 3.8) is 0 Å². The zero-order chi connectivity index (χ0) is 29.5. The van der Waals surface area contributed by atoms with Crippen LogP contribution in [0.25, 0.3) is 34.1 Å². The maximum atomic E-state index is 10.5. The number of aliphatic hydroxyl groups excluding tert-OH is 1. The van der Waals surface area contributed by atoms with Crippen LogP contribution < -0.4 is 11.1 Å². The first-order chi connectivity index (χ1) is 20.9. The molecule has 1 fully saturated rings. The first-order valence-corrected chi connectivity index (χ1v) is 15.0. The van der Waals surface area contributed by atoms with E-state index in [4.69, 9.17) is 15.7 Å². The molecule has 2 atom stereocenters. The van der Waals surface area contributed by atoms with Crippen LogP contribution in [0, 0.1) is 0 Å². The zero-order valence-electron chi connectivity index (χ0n) is 24.6. The molecular weight excluding hydrogens is 538 g/mol. The molecule has 1 saturated heterocycles. The van der Waals surface area contributed by atoms with E-state index in [1.54, 1.807) is 17.1 Å². The Morgan fingerprint density at radius 1 is 1.05 bits per heavy atom. The maximum Gasteiger partial charge on any atom is 0.167 e. The van der Waals surface area contributed by atoms with Crippen molar-refractivity contribution in [2.75, 3.05) is 18.8 Å². The minimum Gasteiger partial charge on any atom is -0.383 e. The quantitative estimate of drug-likeness (QED) is 0.241. The minimum absolute atomic E-state index is 0.320. The lowest BCUT2D eigenvalue weighted by molar-refractivity contribution is 0.0203. The molecule has 1 unspecified atom stereocenters. The van der Waals surface area contributed by atoms with Gasteiger partial charge in [0.15, 0.2) is 17.3 Å². The molecular formula is C33H37N9O. The van der Waals surface area contributed by atoms with Gasteiger partial charge in [0.1, 0.15) is 17.6 Å². The number of aromatic nitrogens is 6. The number of nitrogen functional groups attached to an aromatic ring is 1. The number of imidazole rings is 1. The number of fused-ring (bicyclic) bond motifs is 2. The molecule has 0 amide bonds. The van der Waals surface area contributed by atoms with Gasteiger partial charge in [-0.15, -0.1) is 0 Å². The smallest absolute Gasteiger partial charge is 0.167 e. The molecule has 7 rings (SSSR count). The second-order valence-electron chi connectivity index (χ2n) is 11.8. The SMILES string of the molecule is CC(C)=CC(O)N1CCC(N[C@H]2CCc3cc(-n4c(-c5cccnc5N)nc5ccc(-n6cccn6)nc54)ccc32)CC1. The normalized spacial score (nSPS) is 18.2. The van der Waals surface area contributed by atoms with Gasteiger partial charge >= 0.3 is 0 Å². The summed E-state index contributed by atoms with van der Waals surface area (Å²) in [5, 5.41) is 18.8. The van der Waals surface area contributed by atoms with Gasteiger partial charge < -0.3 is 16.2 Å². The summed E-state index contributed by atoms with van der Waals surface area (Å²) in [6.07, 6.45) is 10.9. The van der Waals surface area contributed by atoms with E-state index in [1.807, 2.05) is 56.5 Å². The number of rotatable bonds is 7. The summed E-state index contributed by atoms with van der Waals surface area (Å²) in [5.74, 6) is 1.85. The summed E-state index contributed by atoms with van der Waals surface area (Å²) < 4.78 is 3.84. The van der Waals surface area contributed by atoms with E-state index in [0.717, 1.165) is 66.8 Å². The predicted molar refractivity (Wildman–Crippen MR) is 168 cm³/mol. The van der Waals surface area contributed by atoms with E-state index >= 15 is 0 Å². The molecule has 1 aromatic carbocycles. The molecule has 4 N–H and O–H groups in total. The van der Waals surface area contributed by atoms with Crippen molar-refractivity contribution in [2.24, 2.45) is 0 Å². The average molecular weight is 576 g/mol. The van der Waals surface area contributed by atoms with Gasteiger partial charge in [0, 0.05) is 49.5 Å². The van der Waals surface area contributed by atoms with Crippen molar-refractivity contribution >= 4 is 17.0 Å². The number of benzene rings is 1.